The first-order valence-electron chi connectivity index (χ1n) is 6.35. The maximum Gasteiger partial charge on any atom is 0.262 e. The standard InChI is InChI=1S/C15H17N3O2/c1-16-9-13-7-8-14(10-17-13)20-11-15(19)18-12-5-3-2-4-6-12/h2-8,10,16H,9,11H2,1H3,(H,18,19). The van der Waals surface area contributed by atoms with Gasteiger partial charge in [-0.2, -0.15) is 0 Å². The number of carbonyl (C=O) groups excluding carboxylic acids is 1. The molecule has 5 heteroatoms. The molecule has 1 amide bonds. The van der Waals surface area contributed by atoms with E-state index in [1.807, 2.05) is 43.4 Å². The van der Waals surface area contributed by atoms with Crippen molar-refractivity contribution in [3.05, 3.63) is 54.4 Å². The predicted octanol–water partition coefficient (Wildman–Crippen LogP) is 1.82. The average Bonchev–Trinajstić information content (AvgIpc) is 2.48. The number of anilines is 1. The number of nitrogens with one attached hydrogen (secondary N) is 2. The molecule has 0 aliphatic carbocycles. The van der Waals surface area contributed by atoms with Crippen molar-refractivity contribution in [3.8, 4) is 5.75 Å². The van der Waals surface area contributed by atoms with Crippen LogP contribution in [0.3, 0.4) is 0 Å². The Bertz CT molecular complexity index is 541. The van der Waals surface area contributed by atoms with E-state index in [2.05, 4.69) is 15.6 Å². The van der Waals surface area contributed by atoms with E-state index in [1.54, 1.807) is 12.3 Å². The second-order valence-electron chi connectivity index (χ2n) is 4.22. The van der Waals surface area contributed by atoms with E-state index in [0.717, 1.165) is 11.4 Å². The van der Waals surface area contributed by atoms with Crippen molar-refractivity contribution in [2.45, 2.75) is 6.54 Å². The lowest BCUT2D eigenvalue weighted by Crippen LogP contribution is -2.20. The maximum absolute atomic E-state index is 11.7. The summed E-state index contributed by atoms with van der Waals surface area (Å²) in [7, 11) is 1.86. The molecule has 0 aliphatic heterocycles. The van der Waals surface area contributed by atoms with Gasteiger partial charge in [0.25, 0.3) is 5.91 Å². The average molecular weight is 271 g/mol. The van der Waals surface area contributed by atoms with Crippen molar-refractivity contribution >= 4 is 11.6 Å². The summed E-state index contributed by atoms with van der Waals surface area (Å²) in [4.78, 5) is 15.9. The number of amides is 1. The van der Waals surface area contributed by atoms with Crippen LogP contribution < -0.4 is 15.4 Å². The number of hydrogen-bond acceptors (Lipinski definition) is 4. The minimum absolute atomic E-state index is 0.0397. The molecule has 0 saturated carbocycles. The van der Waals surface area contributed by atoms with Crippen LogP contribution in [0.15, 0.2) is 48.7 Å². The second-order valence-corrected chi connectivity index (χ2v) is 4.22. The highest BCUT2D eigenvalue weighted by Crippen LogP contribution is 2.09. The lowest BCUT2D eigenvalue weighted by molar-refractivity contribution is -0.118. The van der Waals surface area contributed by atoms with Crippen molar-refractivity contribution in [1.29, 1.82) is 0 Å². The molecule has 0 aliphatic rings. The first kappa shape index (κ1) is 14.0. The Morgan fingerprint density at radius 2 is 2.00 bits per heavy atom. The van der Waals surface area contributed by atoms with Gasteiger partial charge < -0.3 is 15.4 Å². The minimum Gasteiger partial charge on any atom is -0.482 e. The highest BCUT2D eigenvalue weighted by molar-refractivity contribution is 5.91. The number of benzene rings is 1. The smallest absolute Gasteiger partial charge is 0.262 e. The van der Waals surface area contributed by atoms with E-state index >= 15 is 0 Å². The molecule has 5 nitrogen and oxygen atoms in total. The molecule has 0 spiro atoms. The van der Waals surface area contributed by atoms with Crippen molar-refractivity contribution in [2.24, 2.45) is 0 Å². The Morgan fingerprint density at radius 1 is 1.20 bits per heavy atom. The fourth-order valence-electron chi connectivity index (χ4n) is 1.65. The molecule has 0 radical (unpaired) electrons. The fraction of sp³-hybridized carbons (Fsp3) is 0.200. The number of para-hydroxylation sites is 1. The lowest BCUT2D eigenvalue weighted by atomic mass is 10.3. The normalized spacial score (nSPS) is 10.1. The molecule has 104 valence electrons. The molecule has 20 heavy (non-hydrogen) atoms. The molecule has 1 heterocycles. The van der Waals surface area contributed by atoms with Crippen LogP contribution in [0, 0.1) is 0 Å². The molecule has 0 unspecified atom stereocenters. The van der Waals surface area contributed by atoms with Crippen LogP contribution in [0.2, 0.25) is 0 Å². The van der Waals surface area contributed by atoms with Gasteiger partial charge in [-0.05, 0) is 31.3 Å². The molecule has 0 saturated heterocycles. The van der Waals surface area contributed by atoms with E-state index in [9.17, 15) is 4.79 Å². The monoisotopic (exact) mass is 271 g/mol. The van der Waals surface area contributed by atoms with Crippen LogP contribution in [-0.4, -0.2) is 24.5 Å². The number of aromatic nitrogens is 1. The summed E-state index contributed by atoms with van der Waals surface area (Å²) in [5.74, 6) is 0.378. The summed E-state index contributed by atoms with van der Waals surface area (Å²) in [6.45, 7) is 0.663. The minimum atomic E-state index is -0.199. The van der Waals surface area contributed by atoms with Gasteiger partial charge in [0.05, 0.1) is 11.9 Å². The second kappa shape index (κ2) is 7.25. The largest absolute Gasteiger partial charge is 0.482 e. The summed E-state index contributed by atoms with van der Waals surface area (Å²) in [5.41, 5.74) is 1.68. The van der Waals surface area contributed by atoms with Gasteiger partial charge in [0, 0.05) is 12.2 Å². The Hall–Kier alpha value is -2.40. The van der Waals surface area contributed by atoms with Gasteiger partial charge >= 0.3 is 0 Å². The highest BCUT2D eigenvalue weighted by atomic mass is 16.5. The number of pyridine rings is 1. The zero-order valence-electron chi connectivity index (χ0n) is 11.3. The third-order valence-electron chi connectivity index (χ3n) is 2.58. The van der Waals surface area contributed by atoms with Crippen molar-refractivity contribution < 1.29 is 9.53 Å². The SMILES string of the molecule is CNCc1ccc(OCC(=O)Nc2ccccc2)cn1. The highest BCUT2D eigenvalue weighted by Gasteiger charge is 2.03. The predicted molar refractivity (Wildman–Crippen MR) is 77.6 cm³/mol. The lowest BCUT2D eigenvalue weighted by Gasteiger charge is -2.07. The molecule has 2 aromatic rings. The number of hydrogen-bond donors (Lipinski definition) is 2. The van der Waals surface area contributed by atoms with E-state index in [-0.39, 0.29) is 12.5 Å². The Labute approximate surface area is 118 Å². The van der Waals surface area contributed by atoms with Crippen molar-refractivity contribution in [3.63, 3.8) is 0 Å². The topological polar surface area (TPSA) is 63.2 Å². The van der Waals surface area contributed by atoms with E-state index in [4.69, 9.17) is 4.74 Å². The van der Waals surface area contributed by atoms with Gasteiger partial charge in [0.2, 0.25) is 0 Å². The molecule has 1 aromatic carbocycles. The molecule has 1 aromatic heterocycles. The number of rotatable bonds is 6. The number of nitrogens with zero attached hydrogens (tertiary/aromatic N) is 1. The van der Waals surface area contributed by atoms with Crippen LogP contribution in [0.25, 0.3) is 0 Å². The summed E-state index contributed by atoms with van der Waals surface area (Å²) < 4.78 is 5.38. The van der Waals surface area contributed by atoms with Gasteiger partial charge in [0.15, 0.2) is 6.61 Å². The molecular formula is C15H17N3O2. The van der Waals surface area contributed by atoms with E-state index in [0.29, 0.717) is 12.3 Å². The third-order valence-corrected chi connectivity index (χ3v) is 2.58. The first-order chi connectivity index (χ1) is 9.78. The van der Waals surface area contributed by atoms with Gasteiger partial charge in [-0.1, -0.05) is 18.2 Å². The van der Waals surface area contributed by atoms with E-state index in [1.165, 1.54) is 0 Å². The summed E-state index contributed by atoms with van der Waals surface area (Å²) in [6, 6.07) is 12.9. The Morgan fingerprint density at radius 3 is 2.65 bits per heavy atom. The Balaban J connectivity index is 1.81. The zero-order valence-corrected chi connectivity index (χ0v) is 11.3. The van der Waals surface area contributed by atoms with Gasteiger partial charge in [-0.15, -0.1) is 0 Å². The molecule has 2 rings (SSSR count). The zero-order chi connectivity index (χ0) is 14.2. The maximum atomic E-state index is 11.7. The van der Waals surface area contributed by atoms with Crippen molar-refractivity contribution in [1.82, 2.24) is 10.3 Å². The summed E-state index contributed by atoms with van der Waals surface area (Å²) in [5, 5.41) is 5.76. The first-order valence-corrected chi connectivity index (χ1v) is 6.35. The molecule has 0 atom stereocenters. The van der Waals surface area contributed by atoms with Gasteiger partial charge in [-0.3, -0.25) is 9.78 Å². The molecule has 0 fully saturated rings. The molecule has 0 bridgehead atoms. The van der Waals surface area contributed by atoms with Crippen LogP contribution in [0.1, 0.15) is 5.69 Å². The molecule has 2 N–H and O–H groups in total. The van der Waals surface area contributed by atoms with Crippen LogP contribution in [0.4, 0.5) is 5.69 Å². The quantitative estimate of drug-likeness (QED) is 0.841. The van der Waals surface area contributed by atoms with Gasteiger partial charge in [0.1, 0.15) is 5.75 Å². The Kier molecular flexibility index (Phi) is 5.08. The van der Waals surface area contributed by atoms with Crippen molar-refractivity contribution in [2.75, 3.05) is 19.0 Å². The summed E-state index contributed by atoms with van der Waals surface area (Å²) >= 11 is 0. The van der Waals surface area contributed by atoms with Crippen LogP contribution in [0.5, 0.6) is 5.75 Å². The molecular weight excluding hydrogens is 254 g/mol. The van der Waals surface area contributed by atoms with E-state index < -0.39 is 0 Å². The fourth-order valence-corrected chi connectivity index (χ4v) is 1.65. The summed E-state index contributed by atoms with van der Waals surface area (Å²) in [6.07, 6.45) is 1.61. The number of carbonyl (C=O) groups is 1. The van der Waals surface area contributed by atoms with Crippen LogP contribution >= 0.6 is 0 Å². The third kappa shape index (κ3) is 4.37. The van der Waals surface area contributed by atoms with Crippen LogP contribution in [-0.2, 0) is 11.3 Å². The number of ether oxygens (including phenoxy) is 1. The van der Waals surface area contributed by atoms with Gasteiger partial charge in [-0.25, -0.2) is 0 Å².